The number of nitriles is 1. The van der Waals surface area contributed by atoms with Crippen LogP contribution in [0.3, 0.4) is 0 Å². The van der Waals surface area contributed by atoms with Crippen LogP contribution >= 0.6 is 0 Å². The molecule has 0 aliphatic carbocycles. The van der Waals surface area contributed by atoms with Crippen molar-refractivity contribution in [2.75, 3.05) is 13.2 Å². The third kappa shape index (κ3) is 1.09. The van der Waals surface area contributed by atoms with Crippen LogP contribution in [0.1, 0.15) is 6.92 Å². The van der Waals surface area contributed by atoms with Gasteiger partial charge in [0, 0.05) is 13.5 Å². The average Bonchev–Trinajstić information content (AvgIpc) is 2.33. The van der Waals surface area contributed by atoms with Gasteiger partial charge in [0.1, 0.15) is 6.04 Å². The van der Waals surface area contributed by atoms with Gasteiger partial charge in [-0.15, -0.1) is 0 Å². The van der Waals surface area contributed by atoms with Gasteiger partial charge in [-0.1, -0.05) is 0 Å². The van der Waals surface area contributed by atoms with Crippen LogP contribution in [0.25, 0.3) is 0 Å². The quantitative estimate of drug-likeness (QED) is 0.482. The van der Waals surface area contributed by atoms with E-state index in [0.717, 1.165) is 0 Å². The number of hydrogen-bond donors (Lipinski definition) is 1. The number of amides is 1. The molecule has 0 radical (unpaired) electrons. The fourth-order valence-electron chi connectivity index (χ4n) is 0.988. The van der Waals surface area contributed by atoms with Crippen LogP contribution in [-0.4, -0.2) is 30.1 Å². The molecule has 0 aromatic carbocycles. The van der Waals surface area contributed by atoms with E-state index in [2.05, 4.69) is 5.32 Å². The molecule has 0 aromatic heterocycles. The molecule has 0 unspecified atom stereocenters. The molecule has 54 valence electrons. The fraction of sp³-hybridized carbons (Fsp3) is 0.667. The Balaban J connectivity index is 2.61. The molecular weight excluding hydrogens is 130 g/mol. The maximum atomic E-state index is 10.8. The summed E-state index contributed by atoms with van der Waals surface area (Å²) < 4.78 is 0. The third-order valence-corrected chi connectivity index (χ3v) is 1.55. The van der Waals surface area contributed by atoms with Crippen LogP contribution in [0.4, 0.5) is 0 Å². The molecule has 1 saturated heterocycles. The summed E-state index contributed by atoms with van der Waals surface area (Å²) in [6.07, 6.45) is 0. The first-order chi connectivity index (χ1) is 4.75. The number of carbonyl (C=O) groups excluding carboxylic acids is 1. The van der Waals surface area contributed by atoms with Crippen LogP contribution in [0.5, 0.6) is 0 Å². The second-order valence-corrected chi connectivity index (χ2v) is 2.25. The van der Waals surface area contributed by atoms with Gasteiger partial charge in [0.05, 0.1) is 12.7 Å². The minimum absolute atomic E-state index is 0.0449. The zero-order valence-corrected chi connectivity index (χ0v) is 5.79. The predicted octanol–water partition coefficient (Wildman–Crippen LogP) is -0.712. The molecular formula is C6H9N3O. The molecule has 1 aliphatic rings. The molecule has 4 heteroatoms. The van der Waals surface area contributed by atoms with Crippen LogP contribution in [0, 0.1) is 11.3 Å². The Morgan fingerprint density at radius 2 is 2.60 bits per heavy atom. The maximum absolute atomic E-state index is 10.8. The molecule has 0 bridgehead atoms. The van der Waals surface area contributed by atoms with Crippen molar-refractivity contribution < 1.29 is 4.79 Å². The van der Waals surface area contributed by atoms with Crippen LogP contribution in [0.15, 0.2) is 0 Å². The molecule has 1 fully saturated rings. The minimum atomic E-state index is -0.266. The molecule has 0 spiro atoms. The molecule has 1 N–H and O–H groups in total. The predicted molar refractivity (Wildman–Crippen MR) is 34.8 cm³/mol. The first-order valence-corrected chi connectivity index (χ1v) is 3.13. The van der Waals surface area contributed by atoms with Crippen LogP contribution in [0.2, 0.25) is 0 Å². The molecule has 10 heavy (non-hydrogen) atoms. The molecule has 1 atom stereocenters. The summed E-state index contributed by atoms with van der Waals surface area (Å²) in [5.74, 6) is -0.0449. The lowest BCUT2D eigenvalue weighted by Gasteiger charge is -2.14. The second-order valence-electron chi connectivity index (χ2n) is 2.25. The van der Waals surface area contributed by atoms with Gasteiger partial charge in [-0.2, -0.15) is 5.26 Å². The molecule has 1 heterocycles. The molecule has 0 aromatic rings. The zero-order valence-electron chi connectivity index (χ0n) is 5.79. The van der Waals surface area contributed by atoms with Gasteiger partial charge in [0.25, 0.3) is 0 Å². The molecule has 1 rings (SSSR count). The SMILES string of the molecule is CC(=O)N1CNC[C@H]1C#N. The highest BCUT2D eigenvalue weighted by atomic mass is 16.2. The summed E-state index contributed by atoms with van der Waals surface area (Å²) in [7, 11) is 0. The average molecular weight is 139 g/mol. The number of nitrogens with one attached hydrogen (secondary N) is 1. The summed E-state index contributed by atoms with van der Waals surface area (Å²) in [6.45, 7) is 2.57. The minimum Gasteiger partial charge on any atom is -0.313 e. The van der Waals surface area contributed by atoms with E-state index in [1.54, 1.807) is 0 Å². The van der Waals surface area contributed by atoms with Crippen molar-refractivity contribution in [1.29, 1.82) is 5.26 Å². The van der Waals surface area contributed by atoms with Crippen molar-refractivity contribution in [2.45, 2.75) is 13.0 Å². The van der Waals surface area contributed by atoms with Crippen molar-refractivity contribution in [3.8, 4) is 6.07 Å². The van der Waals surface area contributed by atoms with Crippen molar-refractivity contribution in [1.82, 2.24) is 10.2 Å². The lowest BCUT2D eigenvalue weighted by molar-refractivity contribution is -0.128. The topological polar surface area (TPSA) is 56.1 Å². The van der Waals surface area contributed by atoms with E-state index in [0.29, 0.717) is 13.2 Å². The standard InChI is InChI=1S/C6H9N3O/c1-5(10)9-4-8-3-6(9)2-7/h6,8H,3-4H2,1H3/t6-/m1/s1. The maximum Gasteiger partial charge on any atom is 0.221 e. The van der Waals surface area contributed by atoms with Crippen molar-refractivity contribution in [3.05, 3.63) is 0 Å². The zero-order chi connectivity index (χ0) is 7.56. The first kappa shape index (κ1) is 7.03. The van der Waals surface area contributed by atoms with E-state index in [1.165, 1.54) is 11.8 Å². The van der Waals surface area contributed by atoms with Gasteiger partial charge in [-0.05, 0) is 0 Å². The summed E-state index contributed by atoms with van der Waals surface area (Å²) >= 11 is 0. The van der Waals surface area contributed by atoms with Crippen molar-refractivity contribution in [3.63, 3.8) is 0 Å². The Kier molecular flexibility index (Phi) is 1.88. The van der Waals surface area contributed by atoms with E-state index in [4.69, 9.17) is 5.26 Å². The highest BCUT2D eigenvalue weighted by Crippen LogP contribution is 2.02. The fourth-order valence-corrected chi connectivity index (χ4v) is 0.988. The number of hydrogen-bond acceptors (Lipinski definition) is 3. The Morgan fingerprint density at radius 3 is 3.00 bits per heavy atom. The number of rotatable bonds is 0. The van der Waals surface area contributed by atoms with Gasteiger partial charge >= 0.3 is 0 Å². The van der Waals surface area contributed by atoms with Crippen molar-refractivity contribution >= 4 is 5.91 Å². The highest BCUT2D eigenvalue weighted by Gasteiger charge is 2.25. The van der Waals surface area contributed by atoms with Gasteiger partial charge in [0.2, 0.25) is 5.91 Å². The summed E-state index contributed by atoms with van der Waals surface area (Å²) in [5, 5.41) is 11.4. The first-order valence-electron chi connectivity index (χ1n) is 3.13. The van der Waals surface area contributed by atoms with E-state index in [-0.39, 0.29) is 11.9 Å². The monoisotopic (exact) mass is 139 g/mol. The molecule has 1 aliphatic heterocycles. The normalized spacial score (nSPS) is 24.4. The van der Waals surface area contributed by atoms with Gasteiger partial charge in [-0.25, -0.2) is 0 Å². The number of nitrogens with zero attached hydrogens (tertiary/aromatic N) is 2. The smallest absolute Gasteiger partial charge is 0.221 e. The Morgan fingerprint density at radius 1 is 1.90 bits per heavy atom. The molecule has 4 nitrogen and oxygen atoms in total. The van der Waals surface area contributed by atoms with Gasteiger partial charge in [-0.3, -0.25) is 10.1 Å². The lowest BCUT2D eigenvalue weighted by Crippen LogP contribution is -2.33. The van der Waals surface area contributed by atoms with Gasteiger partial charge < -0.3 is 4.90 Å². The van der Waals surface area contributed by atoms with E-state index in [9.17, 15) is 4.79 Å². The number of carbonyl (C=O) groups is 1. The summed E-state index contributed by atoms with van der Waals surface area (Å²) in [6, 6.07) is 1.77. The Labute approximate surface area is 59.4 Å². The van der Waals surface area contributed by atoms with Crippen LogP contribution in [-0.2, 0) is 4.79 Å². The van der Waals surface area contributed by atoms with E-state index >= 15 is 0 Å². The molecule has 1 amide bonds. The van der Waals surface area contributed by atoms with Crippen LogP contribution < -0.4 is 5.32 Å². The highest BCUT2D eigenvalue weighted by molar-refractivity contribution is 5.74. The summed E-state index contributed by atoms with van der Waals surface area (Å²) in [5.41, 5.74) is 0. The Hall–Kier alpha value is -1.08. The van der Waals surface area contributed by atoms with Crippen molar-refractivity contribution in [2.24, 2.45) is 0 Å². The largest absolute Gasteiger partial charge is 0.313 e. The van der Waals surface area contributed by atoms with E-state index in [1.807, 2.05) is 6.07 Å². The molecule has 0 saturated carbocycles. The lowest BCUT2D eigenvalue weighted by atomic mass is 10.3. The third-order valence-electron chi connectivity index (χ3n) is 1.55. The second kappa shape index (κ2) is 2.67. The Bertz CT molecular complexity index is 184. The van der Waals surface area contributed by atoms with Gasteiger partial charge in [0.15, 0.2) is 0 Å². The summed E-state index contributed by atoms with van der Waals surface area (Å²) in [4.78, 5) is 12.3. The van der Waals surface area contributed by atoms with E-state index < -0.39 is 0 Å².